The Hall–Kier alpha value is -0.820. The molecule has 2 aliphatic rings. The number of carbonyl (C=O) groups excluding carboxylic acids is 1. The predicted octanol–water partition coefficient (Wildman–Crippen LogP) is 4.13. The number of hydrogen-bond acceptors (Lipinski definition) is 1. The van der Waals surface area contributed by atoms with Gasteiger partial charge in [0.05, 0.1) is 0 Å². The van der Waals surface area contributed by atoms with Crippen molar-refractivity contribution in [3.8, 4) is 0 Å². The molecule has 1 aromatic carbocycles. The third-order valence-corrected chi connectivity index (χ3v) is 4.40. The van der Waals surface area contributed by atoms with Crippen LogP contribution >= 0.6 is 11.6 Å². The summed E-state index contributed by atoms with van der Waals surface area (Å²) in [5.74, 6) is 0.313. The fraction of sp³-hybridized carbons (Fsp3) is 0.500. The fourth-order valence-corrected chi connectivity index (χ4v) is 3.54. The highest BCUT2D eigenvalue weighted by atomic mass is 35.5. The maximum atomic E-state index is 12.0. The molecule has 0 aliphatic heterocycles. The Bertz CT molecular complexity index is 444. The number of hydrogen-bond donors (Lipinski definition) is 0. The molecule has 16 heavy (non-hydrogen) atoms. The monoisotopic (exact) mass is 234 g/mol. The summed E-state index contributed by atoms with van der Waals surface area (Å²) in [5.41, 5.74) is 2.28. The average molecular weight is 235 g/mol. The Kier molecular flexibility index (Phi) is 2.32. The Labute approximate surface area is 101 Å². The molecule has 0 saturated heterocycles. The summed E-state index contributed by atoms with van der Waals surface area (Å²) in [4.78, 5) is 12.0. The highest BCUT2D eigenvalue weighted by molar-refractivity contribution is 6.30. The highest BCUT2D eigenvalue weighted by Crippen LogP contribution is 2.49. The van der Waals surface area contributed by atoms with Gasteiger partial charge >= 0.3 is 0 Å². The number of halogens is 1. The van der Waals surface area contributed by atoms with Crippen molar-refractivity contribution in [2.75, 3.05) is 0 Å². The quantitative estimate of drug-likeness (QED) is 0.660. The largest absolute Gasteiger partial charge is 0.294 e. The number of benzene rings is 1. The van der Waals surface area contributed by atoms with Crippen molar-refractivity contribution >= 4 is 17.4 Å². The van der Waals surface area contributed by atoms with Gasteiger partial charge in [-0.1, -0.05) is 30.9 Å². The molecule has 0 atom stereocenters. The van der Waals surface area contributed by atoms with Crippen LogP contribution in [0.1, 0.15) is 54.4 Å². The van der Waals surface area contributed by atoms with Gasteiger partial charge in [0, 0.05) is 22.4 Å². The molecule has 84 valence electrons. The van der Waals surface area contributed by atoms with Gasteiger partial charge in [0.25, 0.3) is 0 Å². The lowest BCUT2D eigenvalue weighted by Gasteiger charge is -2.33. The second-order valence-electron chi connectivity index (χ2n) is 5.13. The van der Waals surface area contributed by atoms with E-state index in [1.54, 1.807) is 0 Å². The van der Waals surface area contributed by atoms with E-state index in [4.69, 9.17) is 11.6 Å². The lowest BCUT2D eigenvalue weighted by atomic mass is 9.70. The zero-order valence-corrected chi connectivity index (χ0v) is 10.0. The number of carbonyl (C=O) groups is 1. The van der Waals surface area contributed by atoms with Gasteiger partial charge in [-0.2, -0.15) is 0 Å². The minimum absolute atomic E-state index is 0.134. The van der Waals surface area contributed by atoms with Crippen LogP contribution in [-0.2, 0) is 5.41 Å². The summed E-state index contributed by atoms with van der Waals surface area (Å²) in [6.07, 6.45) is 6.84. The van der Waals surface area contributed by atoms with Crippen molar-refractivity contribution in [2.24, 2.45) is 0 Å². The normalized spacial score (nSPS) is 22.4. The molecule has 0 bridgehead atoms. The summed E-state index contributed by atoms with van der Waals surface area (Å²) in [7, 11) is 0. The van der Waals surface area contributed by atoms with E-state index in [1.165, 1.54) is 24.8 Å². The van der Waals surface area contributed by atoms with E-state index in [9.17, 15) is 4.79 Å². The zero-order valence-electron chi connectivity index (χ0n) is 9.26. The van der Waals surface area contributed by atoms with E-state index in [0.717, 1.165) is 23.4 Å². The van der Waals surface area contributed by atoms with Crippen molar-refractivity contribution in [3.63, 3.8) is 0 Å². The molecule has 1 spiro atoms. The van der Waals surface area contributed by atoms with E-state index >= 15 is 0 Å². The second kappa shape index (κ2) is 3.59. The fourth-order valence-electron chi connectivity index (χ4n) is 3.37. The Morgan fingerprint density at radius 1 is 1.12 bits per heavy atom. The van der Waals surface area contributed by atoms with E-state index in [-0.39, 0.29) is 5.41 Å². The SMILES string of the molecule is O=C1CC2(CCCCC2)c2cc(Cl)ccc21. The molecular formula is C14H15ClO. The first kappa shape index (κ1) is 10.3. The molecule has 3 rings (SSSR count). The lowest BCUT2D eigenvalue weighted by molar-refractivity contribution is 0.0962. The van der Waals surface area contributed by atoms with Gasteiger partial charge in [0.15, 0.2) is 5.78 Å². The van der Waals surface area contributed by atoms with Gasteiger partial charge < -0.3 is 0 Å². The lowest BCUT2D eigenvalue weighted by Crippen LogP contribution is -2.26. The average Bonchev–Trinajstić information content (AvgIpc) is 2.53. The minimum atomic E-state index is 0.134. The number of fused-ring (bicyclic) bond motifs is 2. The van der Waals surface area contributed by atoms with Crippen molar-refractivity contribution in [1.82, 2.24) is 0 Å². The first-order chi connectivity index (χ1) is 7.71. The Morgan fingerprint density at radius 3 is 2.62 bits per heavy atom. The van der Waals surface area contributed by atoms with E-state index in [2.05, 4.69) is 0 Å². The molecule has 0 radical (unpaired) electrons. The van der Waals surface area contributed by atoms with Crippen LogP contribution in [0.15, 0.2) is 18.2 Å². The zero-order chi connectivity index (χ0) is 11.2. The first-order valence-electron chi connectivity index (χ1n) is 6.05. The van der Waals surface area contributed by atoms with Crippen LogP contribution in [0.5, 0.6) is 0 Å². The van der Waals surface area contributed by atoms with Crippen LogP contribution in [0, 0.1) is 0 Å². The van der Waals surface area contributed by atoms with E-state index in [0.29, 0.717) is 12.2 Å². The molecule has 1 fully saturated rings. The van der Waals surface area contributed by atoms with E-state index in [1.807, 2.05) is 18.2 Å². The van der Waals surface area contributed by atoms with Crippen LogP contribution < -0.4 is 0 Å². The van der Waals surface area contributed by atoms with Crippen molar-refractivity contribution < 1.29 is 4.79 Å². The van der Waals surface area contributed by atoms with Crippen LogP contribution in [0.3, 0.4) is 0 Å². The molecule has 0 amide bonds. The number of ketones is 1. The summed E-state index contributed by atoms with van der Waals surface area (Å²) in [5, 5.41) is 0.762. The molecule has 1 nitrogen and oxygen atoms in total. The predicted molar refractivity (Wildman–Crippen MR) is 65.2 cm³/mol. The summed E-state index contributed by atoms with van der Waals surface area (Å²) in [6.45, 7) is 0. The summed E-state index contributed by atoms with van der Waals surface area (Å²) < 4.78 is 0. The second-order valence-corrected chi connectivity index (χ2v) is 5.57. The van der Waals surface area contributed by atoms with Gasteiger partial charge in [-0.05, 0) is 36.6 Å². The molecular weight excluding hydrogens is 220 g/mol. The molecule has 1 saturated carbocycles. The molecule has 0 unspecified atom stereocenters. The summed E-state index contributed by atoms with van der Waals surface area (Å²) in [6, 6.07) is 5.76. The van der Waals surface area contributed by atoms with Crippen molar-refractivity contribution in [1.29, 1.82) is 0 Å². The summed E-state index contributed by atoms with van der Waals surface area (Å²) >= 11 is 6.06. The number of rotatable bonds is 0. The highest BCUT2D eigenvalue weighted by Gasteiger charge is 2.43. The standard InChI is InChI=1S/C14H15ClO/c15-10-4-5-11-12(8-10)14(9-13(11)16)6-2-1-3-7-14/h4-5,8H,1-3,6-7,9H2. The first-order valence-corrected chi connectivity index (χ1v) is 6.42. The number of Topliss-reactive ketones (excluding diaryl/α,β-unsaturated/α-hetero) is 1. The topological polar surface area (TPSA) is 17.1 Å². The Balaban J connectivity index is 2.12. The third kappa shape index (κ3) is 1.41. The van der Waals surface area contributed by atoms with Gasteiger partial charge in [-0.3, -0.25) is 4.79 Å². The van der Waals surface area contributed by atoms with Gasteiger partial charge in [-0.25, -0.2) is 0 Å². The van der Waals surface area contributed by atoms with Gasteiger partial charge in [0.2, 0.25) is 0 Å². The third-order valence-electron chi connectivity index (χ3n) is 4.16. The van der Waals surface area contributed by atoms with Crippen LogP contribution in [0.25, 0.3) is 0 Å². The van der Waals surface area contributed by atoms with Gasteiger partial charge in [-0.15, -0.1) is 0 Å². The maximum Gasteiger partial charge on any atom is 0.164 e. The Morgan fingerprint density at radius 2 is 1.88 bits per heavy atom. The van der Waals surface area contributed by atoms with Crippen LogP contribution in [0.4, 0.5) is 0 Å². The van der Waals surface area contributed by atoms with Gasteiger partial charge in [0.1, 0.15) is 0 Å². The molecule has 0 heterocycles. The van der Waals surface area contributed by atoms with E-state index < -0.39 is 0 Å². The molecule has 0 aromatic heterocycles. The van der Waals surface area contributed by atoms with Crippen molar-refractivity contribution in [3.05, 3.63) is 34.3 Å². The maximum absolute atomic E-state index is 12.0. The molecule has 2 heteroatoms. The van der Waals surface area contributed by atoms with Crippen LogP contribution in [-0.4, -0.2) is 5.78 Å². The van der Waals surface area contributed by atoms with Crippen molar-refractivity contribution in [2.45, 2.75) is 43.9 Å². The molecule has 2 aliphatic carbocycles. The smallest absolute Gasteiger partial charge is 0.164 e. The molecule has 1 aromatic rings. The van der Waals surface area contributed by atoms with Crippen LogP contribution in [0.2, 0.25) is 5.02 Å². The minimum Gasteiger partial charge on any atom is -0.294 e. The molecule has 0 N–H and O–H groups in total.